The Hall–Kier alpha value is -1.43. The van der Waals surface area contributed by atoms with Crippen molar-refractivity contribution < 1.29 is 13.5 Å². The molecule has 0 amide bonds. The lowest BCUT2D eigenvalue weighted by atomic mass is 9.95. The molecule has 2 aliphatic rings. The van der Waals surface area contributed by atoms with Crippen LogP contribution in [-0.4, -0.2) is 29.8 Å². The van der Waals surface area contributed by atoms with E-state index < -0.39 is 11.6 Å². The van der Waals surface area contributed by atoms with Crippen LogP contribution < -0.4 is 10.6 Å². The lowest BCUT2D eigenvalue weighted by molar-refractivity contribution is 0.102. The van der Waals surface area contributed by atoms with Crippen LogP contribution in [0, 0.1) is 11.6 Å². The molecule has 2 saturated heterocycles. The molecule has 4 nitrogen and oxygen atoms in total. The van der Waals surface area contributed by atoms with Gasteiger partial charge in [0.15, 0.2) is 23.3 Å². The maximum atomic E-state index is 13.7. The molecule has 3 unspecified atom stereocenters. The number of fused-ring (bicyclic) bond motifs is 2. The molecule has 2 fully saturated rings. The Morgan fingerprint density at radius 2 is 2.11 bits per heavy atom. The molecule has 3 rings (SSSR count). The van der Waals surface area contributed by atoms with Gasteiger partial charge in [-0.15, -0.1) is 0 Å². The standard InChI is InChI=1S/C13H17F2N3O/c1-2-16-12-8(14)6-9(15)13(18-12)17-10-5-7-3-4-11(10)19-7/h6-7,10-11H,2-5H2,1H3,(H2,16,17,18). The summed E-state index contributed by atoms with van der Waals surface area (Å²) in [6.45, 7) is 2.37. The minimum absolute atomic E-state index is 0.0701. The van der Waals surface area contributed by atoms with Gasteiger partial charge in [0.1, 0.15) is 0 Å². The summed E-state index contributed by atoms with van der Waals surface area (Å²) in [5, 5.41) is 5.83. The first-order chi connectivity index (χ1) is 9.17. The molecule has 2 bridgehead atoms. The Morgan fingerprint density at radius 3 is 2.74 bits per heavy atom. The van der Waals surface area contributed by atoms with Crippen LogP contribution in [0.4, 0.5) is 20.4 Å². The molecule has 3 atom stereocenters. The fourth-order valence-electron chi connectivity index (χ4n) is 2.82. The molecule has 2 aliphatic heterocycles. The molecule has 1 aromatic heterocycles. The van der Waals surface area contributed by atoms with E-state index in [0.29, 0.717) is 6.54 Å². The van der Waals surface area contributed by atoms with Crippen molar-refractivity contribution in [3.05, 3.63) is 17.7 Å². The van der Waals surface area contributed by atoms with E-state index in [1.165, 1.54) is 0 Å². The van der Waals surface area contributed by atoms with Gasteiger partial charge in [-0.1, -0.05) is 0 Å². The van der Waals surface area contributed by atoms with Crippen molar-refractivity contribution in [3.8, 4) is 0 Å². The number of pyridine rings is 1. The molecule has 2 N–H and O–H groups in total. The highest BCUT2D eigenvalue weighted by Crippen LogP contribution is 2.36. The predicted octanol–water partition coefficient (Wildman–Crippen LogP) is 2.52. The molecule has 6 heteroatoms. The Kier molecular flexibility index (Phi) is 3.26. The highest BCUT2D eigenvalue weighted by Gasteiger charge is 2.41. The zero-order chi connectivity index (χ0) is 13.4. The average molecular weight is 269 g/mol. The molecule has 0 aliphatic carbocycles. The average Bonchev–Trinajstić information content (AvgIpc) is 2.97. The molecular formula is C13H17F2N3O. The van der Waals surface area contributed by atoms with Crippen LogP contribution in [0.15, 0.2) is 6.07 Å². The number of hydrogen-bond donors (Lipinski definition) is 2. The van der Waals surface area contributed by atoms with E-state index in [2.05, 4.69) is 15.6 Å². The van der Waals surface area contributed by atoms with Gasteiger partial charge in [0.25, 0.3) is 0 Å². The van der Waals surface area contributed by atoms with Crippen LogP contribution in [0.2, 0.25) is 0 Å². The van der Waals surface area contributed by atoms with Gasteiger partial charge >= 0.3 is 0 Å². The number of anilines is 2. The minimum atomic E-state index is -0.672. The van der Waals surface area contributed by atoms with Crippen LogP contribution in [0.25, 0.3) is 0 Å². The number of hydrogen-bond acceptors (Lipinski definition) is 4. The van der Waals surface area contributed by atoms with Crippen molar-refractivity contribution in [1.29, 1.82) is 0 Å². The van der Waals surface area contributed by atoms with Crippen LogP contribution >= 0.6 is 0 Å². The van der Waals surface area contributed by atoms with Crippen molar-refractivity contribution in [3.63, 3.8) is 0 Å². The zero-order valence-corrected chi connectivity index (χ0v) is 10.7. The Balaban J connectivity index is 1.78. The number of ether oxygens (including phenoxy) is 1. The van der Waals surface area contributed by atoms with Gasteiger partial charge in [-0.3, -0.25) is 0 Å². The molecular weight excluding hydrogens is 252 g/mol. The first-order valence-corrected chi connectivity index (χ1v) is 6.69. The van der Waals surface area contributed by atoms with Gasteiger partial charge in [0.2, 0.25) is 0 Å². The number of halogens is 2. The summed E-state index contributed by atoms with van der Waals surface area (Å²) in [7, 11) is 0. The Bertz CT molecular complexity index is 483. The predicted molar refractivity (Wildman–Crippen MR) is 68.2 cm³/mol. The SMILES string of the molecule is CCNc1nc(NC2CC3CCC2O3)c(F)cc1F. The van der Waals surface area contributed by atoms with Crippen LogP contribution in [-0.2, 0) is 4.74 Å². The van der Waals surface area contributed by atoms with Crippen molar-refractivity contribution in [2.75, 3.05) is 17.2 Å². The van der Waals surface area contributed by atoms with Gasteiger partial charge in [-0.05, 0) is 26.2 Å². The first-order valence-electron chi connectivity index (χ1n) is 6.69. The second-order valence-corrected chi connectivity index (χ2v) is 5.04. The van der Waals surface area contributed by atoms with E-state index in [0.717, 1.165) is 25.3 Å². The largest absolute Gasteiger partial charge is 0.373 e. The van der Waals surface area contributed by atoms with E-state index in [1.54, 1.807) is 0 Å². The van der Waals surface area contributed by atoms with Crippen LogP contribution in [0.3, 0.4) is 0 Å². The lowest BCUT2D eigenvalue weighted by Crippen LogP contribution is -2.31. The van der Waals surface area contributed by atoms with Crippen LogP contribution in [0.5, 0.6) is 0 Å². The van der Waals surface area contributed by atoms with E-state index >= 15 is 0 Å². The summed E-state index contributed by atoms with van der Waals surface area (Å²) >= 11 is 0. The van der Waals surface area contributed by atoms with E-state index in [-0.39, 0.29) is 29.9 Å². The lowest BCUT2D eigenvalue weighted by Gasteiger charge is -2.21. The molecule has 1 aromatic rings. The second kappa shape index (κ2) is 4.92. The Morgan fingerprint density at radius 1 is 1.32 bits per heavy atom. The minimum Gasteiger partial charge on any atom is -0.373 e. The maximum Gasteiger partial charge on any atom is 0.168 e. The number of aromatic nitrogens is 1. The van der Waals surface area contributed by atoms with Crippen molar-refractivity contribution in [1.82, 2.24) is 4.98 Å². The van der Waals surface area contributed by atoms with E-state index in [1.807, 2.05) is 6.92 Å². The summed E-state index contributed by atoms with van der Waals surface area (Å²) in [5.74, 6) is -1.16. The van der Waals surface area contributed by atoms with Crippen LogP contribution in [0.1, 0.15) is 26.2 Å². The second-order valence-electron chi connectivity index (χ2n) is 5.04. The number of nitrogens with one attached hydrogen (secondary N) is 2. The van der Waals surface area contributed by atoms with Gasteiger partial charge in [0.05, 0.1) is 18.2 Å². The molecule has 0 aromatic carbocycles. The van der Waals surface area contributed by atoms with E-state index in [4.69, 9.17) is 4.74 Å². The first kappa shape index (κ1) is 12.6. The molecule has 0 saturated carbocycles. The fourth-order valence-corrected chi connectivity index (χ4v) is 2.82. The third-order valence-electron chi connectivity index (χ3n) is 3.70. The summed E-state index contributed by atoms with van der Waals surface area (Å²) in [4.78, 5) is 3.98. The molecule has 0 radical (unpaired) electrons. The van der Waals surface area contributed by atoms with Crippen molar-refractivity contribution in [2.24, 2.45) is 0 Å². The quantitative estimate of drug-likeness (QED) is 0.881. The van der Waals surface area contributed by atoms with Crippen molar-refractivity contribution in [2.45, 2.75) is 44.4 Å². The molecule has 104 valence electrons. The fraction of sp³-hybridized carbons (Fsp3) is 0.615. The number of rotatable bonds is 4. The van der Waals surface area contributed by atoms with Crippen molar-refractivity contribution >= 4 is 11.6 Å². The highest BCUT2D eigenvalue weighted by atomic mass is 19.1. The summed E-state index contributed by atoms with van der Waals surface area (Å²) in [5.41, 5.74) is 0. The van der Waals surface area contributed by atoms with Gasteiger partial charge in [-0.25, -0.2) is 13.8 Å². The molecule has 0 spiro atoms. The summed E-state index contributed by atoms with van der Waals surface area (Å²) in [6, 6.07) is 0.933. The Labute approximate surface area is 110 Å². The third-order valence-corrected chi connectivity index (χ3v) is 3.70. The van der Waals surface area contributed by atoms with Gasteiger partial charge in [-0.2, -0.15) is 0 Å². The summed E-state index contributed by atoms with van der Waals surface area (Å²) in [6.07, 6.45) is 3.33. The topological polar surface area (TPSA) is 46.2 Å². The van der Waals surface area contributed by atoms with Gasteiger partial charge in [0, 0.05) is 12.6 Å². The monoisotopic (exact) mass is 269 g/mol. The summed E-state index contributed by atoms with van der Waals surface area (Å²) < 4.78 is 32.9. The zero-order valence-electron chi connectivity index (χ0n) is 10.7. The normalized spacial score (nSPS) is 28.7. The number of nitrogens with zero attached hydrogens (tertiary/aromatic N) is 1. The maximum absolute atomic E-state index is 13.7. The highest BCUT2D eigenvalue weighted by molar-refractivity contribution is 5.48. The smallest absolute Gasteiger partial charge is 0.168 e. The third kappa shape index (κ3) is 2.36. The van der Waals surface area contributed by atoms with Gasteiger partial charge < -0.3 is 15.4 Å². The van der Waals surface area contributed by atoms with E-state index in [9.17, 15) is 8.78 Å². The molecule has 3 heterocycles. The molecule has 19 heavy (non-hydrogen) atoms.